The van der Waals surface area contributed by atoms with Crippen molar-refractivity contribution in [3.05, 3.63) is 59.2 Å². The molecular formula is C23H33N3O3S. The maximum Gasteiger partial charge on any atom is 0.191 e. The fourth-order valence-electron chi connectivity index (χ4n) is 2.98. The molecule has 0 atom stereocenters. The van der Waals surface area contributed by atoms with Crippen molar-refractivity contribution in [3.63, 3.8) is 0 Å². The molecule has 0 aliphatic rings. The fraction of sp³-hybridized carbons (Fsp3) is 0.435. The first kappa shape index (κ1) is 23.7. The van der Waals surface area contributed by atoms with Crippen LogP contribution in [-0.2, 0) is 22.8 Å². The Bertz CT molecular complexity index is 952. The lowest BCUT2D eigenvalue weighted by molar-refractivity contribution is 0.271. The smallest absolute Gasteiger partial charge is 0.191 e. The third-order valence-electron chi connectivity index (χ3n) is 4.54. The number of aliphatic imine (C=N–C) groups is 1. The molecule has 0 spiro atoms. The summed E-state index contributed by atoms with van der Waals surface area (Å²) >= 11 is 0. The van der Waals surface area contributed by atoms with Crippen molar-refractivity contribution in [2.24, 2.45) is 10.9 Å². The predicted molar refractivity (Wildman–Crippen MR) is 123 cm³/mol. The van der Waals surface area contributed by atoms with Gasteiger partial charge in [-0.15, -0.1) is 0 Å². The lowest BCUT2D eigenvalue weighted by Crippen LogP contribution is -2.37. The van der Waals surface area contributed by atoms with E-state index in [1.807, 2.05) is 31.2 Å². The molecule has 2 N–H and O–H groups in total. The van der Waals surface area contributed by atoms with Crippen molar-refractivity contribution in [1.29, 1.82) is 0 Å². The van der Waals surface area contributed by atoms with Crippen LogP contribution in [0.15, 0.2) is 52.4 Å². The molecule has 6 nitrogen and oxygen atoms in total. The van der Waals surface area contributed by atoms with Gasteiger partial charge < -0.3 is 15.4 Å². The van der Waals surface area contributed by atoms with Crippen molar-refractivity contribution in [1.82, 2.24) is 10.6 Å². The Morgan fingerprint density at radius 2 is 1.73 bits per heavy atom. The van der Waals surface area contributed by atoms with E-state index in [4.69, 9.17) is 4.74 Å². The van der Waals surface area contributed by atoms with E-state index in [0.29, 0.717) is 23.3 Å². The van der Waals surface area contributed by atoms with E-state index < -0.39 is 9.84 Å². The van der Waals surface area contributed by atoms with E-state index in [2.05, 4.69) is 41.6 Å². The molecule has 2 rings (SSSR count). The Morgan fingerprint density at radius 3 is 2.30 bits per heavy atom. The summed E-state index contributed by atoms with van der Waals surface area (Å²) < 4.78 is 29.2. The van der Waals surface area contributed by atoms with Gasteiger partial charge in [-0.2, -0.15) is 0 Å². The topological polar surface area (TPSA) is 79.8 Å². The number of hydrogen-bond donors (Lipinski definition) is 2. The number of nitrogens with zero attached hydrogens (tertiary/aromatic N) is 1. The second-order valence-corrected chi connectivity index (χ2v) is 9.81. The molecule has 0 saturated carbocycles. The normalized spacial score (nSPS) is 12.1. The summed E-state index contributed by atoms with van der Waals surface area (Å²) in [7, 11) is -1.47. The molecule has 0 saturated heterocycles. The van der Waals surface area contributed by atoms with Gasteiger partial charge in [0.15, 0.2) is 15.8 Å². The van der Waals surface area contributed by atoms with Gasteiger partial charge in [0.05, 0.1) is 11.5 Å². The highest BCUT2D eigenvalue weighted by molar-refractivity contribution is 7.90. The Balaban J connectivity index is 1.81. The first-order valence-corrected chi connectivity index (χ1v) is 12.0. The van der Waals surface area contributed by atoms with Gasteiger partial charge in [-0.05, 0) is 54.2 Å². The van der Waals surface area contributed by atoms with Gasteiger partial charge in [-0.25, -0.2) is 8.42 Å². The largest absolute Gasteiger partial charge is 0.493 e. The molecule has 0 radical (unpaired) electrons. The van der Waals surface area contributed by atoms with Crippen LogP contribution in [-0.4, -0.2) is 40.8 Å². The van der Waals surface area contributed by atoms with Crippen LogP contribution in [0.3, 0.4) is 0 Å². The van der Waals surface area contributed by atoms with Crippen LogP contribution in [0.4, 0.5) is 0 Å². The maximum absolute atomic E-state index is 11.7. The van der Waals surface area contributed by atoms with E-state index in [9.17, 15) is 8.42 Å². The summed E-state index contributed by atoms with van der Waals surface area (Å²) in [5.74, 6) is 2.11. The highest BCUT2D eigenvalue weighted by atomic mass is 32.2. The summed E-state index contributed by atoms with van der Waals surface area (Å²) in [6, 6.07) is 13.6. The van der Waals surface area contributed by atoms with E-state index in [1.54, 1.807) is 13.1 Å². The molecule has 164 valence electrons. The van der Waals surface area contributed by atoms with Crippen molar-refractivity contribution < 1.29 is 13.2 Å². The number of ether oxygens (including phenoxy) is 1. The quantitative estimate of drug-likeness (QED) is 0.470. The SMILES string of the molecule is CN=C(NCCc1ccc(OCC(C)C)cc1)NCc1ccc(S(C)(=O)=O)c(C)c1. The van der Waals surface area contributed by atoms with Gasteiger partial charge >= 0.3 is 0 Å². The summed E-state index contributed by atoms with van der Waals surface area (Å²) in [5, 5.41) is 6.57. The molecular weight excluding hydrogens is 398 g/mol. The molecule has 0 unspecified atom stereocenters. The molecule has 30 heavy (non-hydrogen) atoms. The lowest BCUT2D eigenvalue weighted by Gasteiger charge is -2.13. The molecule has 0 aliphatic heterocycles. The Labute approximate surface area is 180 Å². The van der Waals surface area contributed by atoms with Crippen LogP contribution in [0.25, 0.3) is 0 Å². The van der Waals surface area contributed by atoms with Crippen LogP contribution in [0.2, 0.25) is 0 Å². The predicted octanol–water partition coefficient (Wildman–Crippen LogP) is 3.34. The molecule has 0 aliphatic carbocycles. The second kappa shape index (κ2) is 11.0. The summed E-state index contributed by atoms with van der Waals surface area (Å²) in [6.45, 7) is 8.11. The number of rotatable bonds is 9. The van der Waals surface area contributed by atoms with E-state index in [-0.39, 0.29) is 0 Å². The molecule has 7 heteroatoms. The van der Waals surface area contributed by atoms with Gasteiger partial charge in [-0.3, -0.25) is 4.99 Å². The minimum absolute atomic E-state index is 0.370. The minimum atomic E-state index is -3.20. The average Bonchev–Trinajstić information content (AvgIpc) is 2.69. The molecule has 0 bridgehead atoms. The van der Waals surface area contributed by atoms with E-state index in [0.717, 1.165) is 36.4 Å². The van der Waals surface area contributed by atoms with Gasteiger partial charge in [0.25, 0.3) is 0 Å². The minimum Gasteiger partial charge on any atom is -0.493 e. The Kier molecular flexibility index (Phi) is 8.72. The summed E-state index contributed by atoms with van der Waals surface area (Å²) in [6.07, 6.45) is 2.10. The zero-order valence-corrected chi connectivity index (χ0v) is 19.3. The summed E-state index contributed by atoms with van der Waals surface area (Å²) in [4.78, 5) is 4.62. The van der Waals surface area contributed by atoms with Crippen LogP contribution in [0.5, 0.6) is 5.75 Å². The fourth-order valence-corrected chi connectivity index (χ4v) is 3.94. The maximum atomic E-state index is 11.7. The first-order valence-electron chi connectivity index (χ1n) is 10.1. The van der Waals surface area contributed by atoms with Gasteiger partial charge in [-0.1, -0.05) is 38.1 Å². The Hall–Kier alpha value is -2.54. The van der Waals surface area contributed by atoms with Crippen LogP contribution in [0.1, 0.15) is 30.5 Å². The zero-order chi connectivity index (χ0) is 22.1. The Morgan fingerprint density at radius 1 is 1.07 bits per heavy atom. The molecule has 2 aromatic rings. The number of benzene rings is 2. The standard InChI is InChI=1S/C23H33N3O3S/c1-17(2)16-29-21-9-6-19(7-10-21)12-13-25-23(24-4)26-15-20-8-11-22(18(3)14-20)30(5,27)28/h6-11,14,17H,12-13,15-16H2,1-5H3,(H2,24,25,26). The first-order chi connectivity index (χ1) is 14.2. The van der Waals surface area contributed by atoms with Gasteiger partial charge in [0.1, 0.15) is 5.75 Å². The number of nitrogens with one attached hydrogen (secondary N) is 2. The van der Waals surface area contributed by atoms with Crippen molar-refractivity contribution in [2.45, 2.75) is 38.6 Å². The average molecular weight is 432 g/mol. The highest BCUT2D eigenvalue weighted by Crippen LogP contribution is 2.16. The molecule has 0 amide bonds. The van der Waals surface area contributed by atoms with Crippen molar-refractivity contribution in [2.75, 3.05) is 26.5 Å². The third-order valence-corrected chi connectivity index (χ3v) is 5.79. The number of hydrogen-bond acceptors (Lipinski definition) is 4. The molecule has 0 aromatic heterocycles. The number of aryl methyl sites for hydroxylation is 1. The lowest BCUT2D eigenvalue weighted by atomic mass is 10.1. The summed E-state index contributed by atoms with van der Waals surface area (Å²) in [5.41, 5.74) is 2.97. The zero-order valence-electron chi connectivity index (χ0n) is 18.5. The number of guanidine groups is 1. The molecule has 2 aromatic carbocycles. The van der Waals surface area contributed by atoms with Crippen molar-refractivity contribution in [3.8, 4) is 5.75 Å². The van der Waals surface area contributed by atoms with Gasteiger partial charge in [0, 0.05) is 26.4 Å². The molecule has 0 fully saturated rings. The highest BCUT2D eigenvalue weighted by Gasteiger charge is 2.11. The van der Waals surface area contributed by atoms with Crippen LogP contribution < -0.4 is 15.4 Å². The third kappa shape index (κ3) is 7.71. The monoisotopic (exact) mass is 431 g/mol. The van der Waals surface area contributed by atoms with Gasteiger partial charge in [0.2, 0.25) is 0 Å². The van der Waals surface area contributed by atoms with Crippen molar-refractivity contribution >= 4 is 15.8 Å². The number of sulfone groups is 1. The molecule has 0 heterocycles. The second-order valence-electron chi connectivity index (χ2n) is 7.82. The van der Waals surface area contributed by atoms with Crippen LogP contribution in [0, 0.1) is 12.8 Å². The van der Waals surface area contributed by atoms with E-state index >= 15 is 0 Å². The van der Waals surface area contributed by atoms with E-state index in [1.165, 1.54) is 11.8 Å². The van der Waals surface area contributed by atoms with Crippen LogP contribution >= 0.6 is 0 Å².